The number of rotatable bonds is 1. The molecule has 1 N–H and O–H groups in total. The molecule has 18 heavy (non-hydrogen) atoms. The minimum atomic E-state index is -4.75. The van der Waals surface area contributed by atoms with Crippen LogP contribution in [-0.2, 0) is 0 Å². The van der Waals surface area contributed by atoms with Crippen molar-refractivity contribution in [1.29, 1.82) is 0 Å². The molecular formula is C12H12F3NOS. The average Bonchev–Trinajstić information content (AvgIpc) is 2.27. The van der Waals surface area contributed by atoms with E-state index >= 15 is 0 Å². The topological polar surface area (TPSA) is 32.6 Å². The summed E-state index contributed by atoms with van der Waals surface area (Å²) in [5, 5.41) is 9.49. The molecule has 2 rings (SSSR count). The van der Waals surface area contributed by atoms with Crippen LogP contribution in [0.4, 0.5) is 13.2 Å². The number of nitrogens with zero attached hydrogens (tertiary/aromatic N) is 1. The van der Waals surface area contributed by atoms with Crippen molar-refractivity contribution in [2.24, 2.45) is 4.99 Å². The summed E-state index contributed by atoms with van der Waals surface area (Å²) in [5.74, 6) is 0. The van der Waals surface area contributed by atoms with Crippen LogP contribution < -0.4 is 0 Å². The molecule has 1 aliphatic rings. The summed E-state index contributed by atoms with van der Waals surface area (Å²) in [6.07, 6.45) is -5.20. The van der Waals surface area contributed by atoms with Crippen LogP contribution in [-0.4, -0.2) is 22.1 Å². The Balaban J connectivity index is 2.32. The summed E-state index contributed by atoms with van der Waals surface area (Å²) in [6, 6.07) is 8.85. The van der Waals surface area contributed by atoms with Gasteiger partial charge in [-0.05, 0) is 12.5 Å². The van der Waals surface area contributed by atoms with Gasteiger partial charge in [-0.1, -0.05) is 30.3 Å². The molecule has 1 heterocycles. The van der Waals surface area contributed by atoms with Gasteiger partial charge in [0.05, 0.1) is 5.04 Å². The van der Waals surface area contributed by atoms with E-state index in [0.29, 0.717) is 0 Å². The monoisotopic (exact) mass is 275 g/mol. The molecular weight excluding hydrogens is 263 g/mol. The number of aliphatic imine (C=N–C) groups is 1. The maximum atomic E-state index is 12.8. The zero-order chi connectivity index (χ0) is 13.4. The molecule has 2 atom stereocenters. The number of halogens is 3. The second-order valence-electron chi connectivity index (χ2n) is 4.17. The quantitative estimate of drug-likeness (QED) is 0.850. The highest BCUT2D eigenvalue weighted by Crippen LogP contribution is 2.47. The molecule has 98 valence electrons. The lowest BCUT2D eigenvalue weighted by atomic mass is 10.0. The summed E-state index contributed by atoms with van der Waals surface area (Å²) < 4.78 is 38.5. The van der Waals surface area contributed by atoms with Gasteiger partial charge < -0.3 is 5.11 Å². The molecule has 1 aromatic carbocycles. The molecule has 0 aliphatic carbocycles. The van der Waals surface area contributed by atoms with Crippen LogP contribution >= 0.6 is 11.8 Å². The highest BCUT2D eigenvalue weighted by molar-refractivity contribution is 8.14. The van der Waals surface area contributed by atoms with E-state index in [1.165, 1.54) is 18.7 Å². The number of benzene rings is 1. The van der Waals surface area contributed by atoms with Crippen LogP contribution in [0.3, 0.4) is 0 Å². The van der Waals surface area contributed by atoms with Gasteiger partial charge in [-0.25, -0.2) is 4.99 Å². The minimum absolute atomic E-state index is 0.245. The van der Waals surface area contributed by atoms with Gasteiger partial charge >= 0.3 is 6.18 Å². The van der Waals surface area contributed by atoms with Crippen LogP contribution in [0.5, 0.6) is 0 Å². The van der Waals surface area contributed by atoms with Gasteiger partial charge in [-0.15, -0.1) is 11.8 Å². The van der Waals surface area contributed by atoms with Crippen molar-refractivity contribution in [3.63, 3.8) is 0 Å². The van der Waals surface area contributed by atoms with E-state index in [0.717, 1.165) is 5.56 Å². The van der Waals surface area contributed by atoms with Gasteiger partial charge in [0.1, 0.15) is 0 Å². The largest absolute Gasteiger partial charge is 0.438 e. The number of aliphatic hydroxyl groups is 1. The Bertz CT molecular complexity index is 460. The van der Waals surface area contributed by atoms with Crippen molar-refractivity contribution in [1.82, 2.24) is 0 Å². The molecule has 0 saturated heterocycles. The second kappa shape index (κ2) is 4.59. The molecule has 2 nitrogen and oxygen atoms in total. The lowest BCUT2D eigenvalue weighted by Crippen LogP contribution is -2.46. The van der Waals surface area contributed by atoms with E-state index < -0.39 is 23.6 Å². The number of thioether (sulfide) groups is 1. The molecule has 1 aliphatic heterocycles. The summed E-state index contributed by atoms with van der Waals surface area (Å²) in [7, 11) is 0. The van der Waals surface area contributed by atoms with Crippen molar-refractivity contribution in [2.45, 2.75) is 30.5 Å². The van der Waals surface area contributed by atoms with Gasteiger partial charge in [0.25, 0.3) is 5.72 Å². The van der Waals surface area contributed by atoms with E-state index in [-0.39, 0.29) is 5.04 Å². The van der Waals surface area contributed by atoms with Gasteiger partial charge in [-0.2, -0.15) is 13.2 Å². The Morgan fingerprint density at radius 2 is 1.94 bits per heavy atom. The highest BCUT2D eigenvalue weighted by Gasteiger charge is 2.56. The molecule has 0 amide bonds. The Labute approximate surface area is 107 Å². The molecule has 0 radical (unpaired) electrons. The lowest BCUT2D eigenvalue weighted by Gasteiger charge is -2.34. The van der Waals surface area contributed by atoms with Crippen molar-refractivity contribution < 1.29 is 18.3 Å². The maximum absolute atomic E-state index is 12.8. The fraction of sp³-hybridized carbons (Fsp3) is 0.417. The Kier molecular flexibility index (Phi) is 3.42. The first-order valence-corrected chi connectivity index (χ1v) is 6.27. The van der Waals surface area contributed by atoms with E-state index in [1.807, 2.05) is 0 Å². The predicted octanol–water partition coefficient (Wildman–Crippen LogP) is 3.53. The van der Waals surface area contributed by atoms with Crippen LogP contribution in [0.1, 0.15) is 24.2 Å². The standard InChI is InChI=1S/C12H12F3NOS/c1-8-16-11(17,12(13,14)15)7-10(18-8)9-5-3-2-4-6-9/h2-6,10,17H,7H2,1H3. The summed E-state index contributed by atoms with van der Waals surface area (Å²) in [5.41, 5.74) is -2.21. The van der Waals surface area contributed by atoms with Gasteiger partial charge in [0.2, 0.25) is 0 Å². The normalized spacial score (nSPS) is 28.9. The van der Waals surface area contributed by atoms with Crippen molar-refractivity contribution in [3.8, 4) is 0 Å². The first-order valence-electron chi connectivity index (χ1n) is 5.39. The van der Waals surface area contributed by atoms with Crippen LogP contribution in [0, 0.1) is 0 Å². The fourth-order valence-corrected chi connectivity index (χ4v) is 3.10. The first kappa shape index (κ1) is 13.4. The molecule has 1 aromatic rings. The zero-order valence-electron chi connectivity index (χ0n) is 9.61. The van der Waals surface area contributed by atoms with Crippen molar-refractivity contribution >= 4 is 16.8 Å². The summed E-state index contributed by atoms with van der Waals surface area (Å²) in [4.78, 5) is 3.37. The molecule has 0 bridgehead atoms. The summed E-state index contributed by atoms with van der Waals surface area (Å²) in [6.45, 7) is 1.48. The lowest BCUT2D eigenvalue weighted by molar-refractivity contribution is -0.259. The SMILES string of the molecule is CC1=NC(O)(C(F)(F)F)CC(c2ccccc2)S1. The molecule has 0 spiro atoms. The Morgan fingerprint density at radius 1 is 1.33 bits per heavy atom. The Hall–Kier alpha value is -1.01. The second-order valence-corrected chi connectivity index (χ2v) is 5.56. The molecule has 6 heteroatoms. The molecule has 0 fully saturated rings. The van der Waals surface area contributed by atoms with Gasteiger partial charge in [0.15, 0.2) is 0 Å². The van der Waals surface area contributed by atoms with Gasteiger partial charge in [-0.3, -0.25) is 0 Å². The summed E-state index contributed by atoms with van der Waals surface area (Å²) >= 11 is 1.25. The smallest absolute Gasteiger partial charge is 0.362 e. The third kappa shape index (κ3) is 2.54. The van der Waals surface area contributed by atoms with Crippen LogP contribution in [0.25, 0.3) is 0 Å². The maximum Gasteiger partial charge on any atom is 0.438 e. The predicted molar refractivity (Wildman–Crippen MR) is 65.5 cm³/mol. The zero-order valence-corrected chi connectivity index (χ0v) is 10.4. The highest BCUT2D eigenvalue weighted by atomic mass is 32.2. The average molecular weight is 275 g/mol. The van der Waals surface area contributed by atoms with E-state index in [4.69, 9.17) is 0 Å². The van der Waals surface area contributed by atoms with Crippen LogP contribution in [0.15, 0.2) is 35.3 Å². The number of hydrogen-bond donors (Lipinski definition) is 1. The fourth-order valence-electron chi connectivity index (χ4n) is 1.87. The minimum Gasteiger partial charge on any atom is -0.362 e. The Morgan fingerprint density at radius 3 is 2.50 bits per heavy atom. The van der Waals surface area contributed by atoms with Crippen LogP contribution in [0.2, 0.25) is 0 Å². The first-order chi connectivity index (χ1) is 8.32. The number of hydrogen-bond acceptors (Lipinski definition) is 3. The third-order valence-corrected chi connectivity index (χ3v) is 3.91. The number of alkyl halides is 3. The third-order valence-electron chi connectivity index (χ3n) is 2.75. The van der Waals surface area contributed by atoms with E-state index in [1.54, 1.807) is 30.3 Å². The van der Waals surface area contributed by atoms with Crippen molar-refractivity contribution in [2.75, 3.05) is 0 Å². The van der Waals surface area contributed by atoms with Crippen molar-refractivity contribution in [3.05, 3.63) is 35.9 Å². The molecule has 2 unspecified atom stereocenters. The molecule has 0 saturated carbocycles. The van der Waals surface area contributed by atoms with E-state index in [2.05, 4.69) is 4.99 Å². The van der Waals surface area contributed by atoms with Gasteiger partial charge in [0, 0.05) is 11.7 Å². The molecule has 0 aromatic heterocycles. The van der Waals surface area contributed by atoms with E-state index in [9.17, 15) is 18.3 Å².